The number of methoxy groups -OCH3 is 2. The number of hydrogen-bond donors (Lipinski definition) is 1. The highest BCUT2D eigenvalue weighted by Gasteiger charge is 2.15. The summed E-state index contributed by atoms with van der Waals surface area (Å²) in [5.41, 5.74) is 0.972. The van der Waals surface area contributed by atoms with Crippen molar-refractivity contribution in [2.75, 3.05) is 19.5 Å². The number of non-ortho nitro benzene ring substituents is 1. The molecule has 1 amide bonds. The highest BCUT2D eigenvalue weighted by Crippen LogP contribution is 2.33. The van der Waals surface area contributed by atoms with Crippen LogP contribution in [-0.2, 0) is 4.79 Å². The lowest BCUT2D eigenvalue weighted by Crippen LogP contribution is -2.07. The normalized spacial score (nSPS) is 10.7. The van der Waals surface area contributed by atoms with E-state index < -0.39 is 10.8 Å². The number of aromatic nitrogens is 2. The van der Waals surface area contributed by atoms with E-state index in [-0.39, 0.29) is 17.6 Å². The summed E-state index contributed by atoms with van der Waals surface area (Å²) in [5.74, 6) is 0.692. The second-order valence-electron chi connectivity index (χ2n) is 5.65. The van der Waals surface area contributed by atoms with Crippen molar-refractivity contribution >= 4 is 23.7 Å². The molecule has 0 bridgehead atoms. The molecular weight excluding hydrogens is 380 g/mol. The molecule has 0 aliphatic rings. The summed E-state index contributed by atoms with van der Waals surface area (Å²) in [7, 11) is 3.03. The van der Waals surface area contributed by atoms with E-state index in [1.54, 1.807) is 24.3 Å². The van der Waals surface area contributed by atoms with Crippen LogP contribution < -0.4 is 14.8 Å². The van der Waals surface area contributed by atoms with E-state index in [0.717, 1.165) is 0 Å². The standard InChI is InChI=1S/C19H16N4O6/c1-27-14-7-8-15(16(11-14)28-2)18-21-22-19(29-18)20-17(24)9-6-12-4-3-5-13(10-12)23(25)26/h3-11H,1-2H3,(H,20,22,24)/b9-6+. The van der Waals surface area contributed by atoms with Crippen LogP contribution in [0.4, 0.5) is 11.7 Å². The molecule has 10 nitrogen and oxygen atoms in total. The van der Waals surface area contributed by atoms with Crippen molar-refractivity contribution in [2.24, 2.45) is 0 Å². The third kappa shape index (κ3) is 4.75. The Kier molecular flexibility index (Phi) is 5.83. The van der Waals surface area contributed by atoms with Crippen molar-refractivity contribution in [1.29, 1.82) is 0 Å². The molecule has 0 saturated heterocycles. The van der Waals surface area contributed by atoms with E-state index in [9.17, 15) is 14.9 Å². The molecule has 148 valence electrons. The molecule has 0 spiro atoms. The molecule has 1 N–H and O–H groups in total. The number of anilines is 1. The maximum absolute atomic E-state index is 12.1. The lowest BCUT2D eigenvalue weighted by molar-refractivity contribution is -0.384. The van der Waals surface area contributed by atoms with E-state index in [2.05, 4.69) is 15.5 Å². The Bertz CT molecular complexity index is 1080. The van der Waals surface area contributed by atoms with E-state index in [1.807, 2.05) is 0 Å². The Morgan fingerprint density at radius 2 is 2.00 bits per heavy atom. The number of nitrogens with zero attached hydrogens (tertiary/aromatic N) is 3. The fourth-order valence-corrected chi connectivity index (χ4v) is 2.42. The summed E-state index contributed by atoms with van der Waals surface area (Å²) in [4.78, 5) is 22.3. The highest BCUT2D eigenvalue weighted by molar-refractivity contribution is 6.00. The number of benzene rings is 2. The summed E-state index contributed by atoms with van der Waals surface area (Å²) in [6.45, 7) is 0. The zero-order valence-electron chi connectivity index (χ0n) is 15.5. The predicted octanol–water partition coefficient (Wildman–Crippen LogP) is 3.31. The number of rotatable bonds is 7. The average Bonchev–Trinajstić information content (AvgIpc) is 3.20. The van der Waals surface area contributed by atoms with Gasteiger partial charge in [-0.25, -0.2) is 0 Å². The maximum atomic E-state index is 12.1. The first-order valence-corrected chi connectivity index (χ1v) is 8.29. The zero-order chi connectivity index (χ0) is 20.8. The largest absolute Gasteiger partial charge is 0.497 e. The molecule has 0 aliphatic carbocycles. The minimum absolute atomic E-state index is 0.0671. The molecule has 0 aliphatic heterocycles. The molecule has 0 unspecified atom stereocenters. The molecule has 3 rings (SSSR count). The maximum Gasteiger partial charge on any atom is 0.322 e. The minimum atomic E-state index is -0.534. The van der Waals surface area contributed by atoms with Crippen LogP contribution in [0.2, 0.25) is 0 Å². The van der Waals surface area contributed by atoms with Crippen LogP contribution >= 0.6 is 0 Å². The minimum Gasteiger partial charge on any atom is -0.497 e. The quantitative estimate of drug-likeness (QED) is 0.366. The van der Waals surface area contributed by atoms with Gasteiger partial charge in [-0.2, -0.15) is 0 Å². The molecule has 3 aromatic rings. The second kappa shape index (κ2) is 8.65. The van der Waals surface area contributed by atoms with Crippen LogP contribution in [0.15, 0.2) is 53.0 Å². The Hall–Kier alpha value is -4.21. The average molecular weight is 396 g/mol. The third-order valence-electron chi connectivity index (χ3n) is 3.80. The summed E-state index contributed by atoms with van der Waals surface area (Å²) < 4.78 is 15.9. The number of ether oxygens (including phenoxy) is 2. The first-order valence-electron chi connectivity index (χ1n) is 8.29. The third-order valence-corrected chi connectivity index (χ3v) is 3.80. The lowest BCUT2D eigenvalue weighted by Gasteiger charge is -2.07. The summed E-state index contributed by atoms with van der Waals surface area (Å²) in [6, 6.07) is 10.8. The van der Waals surface area contributed by atoms with E-state index in [1.165, 1.54) is 44.6 Å². The molecule has 0 fully saturated rings. The van der Waals surface area contributed by atoms with Gasteiger partial charge in [0.05, 0.1) is 24.7 Å². The molecule has 10 heteroatoms. The number of nitrogens with one attached hydrogen (secondary N) is 1. The van der Waals surface area contributed by atoms with Crippen molar-refractivity contribution in [1.82, 2.24) is 10.2 Å². The van der Waals surface area contributed by atoms with Gasteiger partial charge in [-0.3, -0.25) is 20.2 Å². The molecular formula is C19H16N4O6. The first kappa shape index (κ1) is 19.5. The number of amides is 1. The zero-order valence-corrected chi connectivity index (χ0v) is 15.5. The lowest BCUT2D eigenvalue weighted by atomic mass is 10.2. The highest BCUT2D eigenvalue weighted by atomic mass is 16.6. The van der Waals surface area contributed by atoms with Crippen LogP contribution in [0.5, 0.6) is 11.5 Å². The van der Waals surface area contributed by atoms with E-state index in [0.29, 0.717) is 22.6 Å². The predicted molar refractivity (Wildman–Crippen MR) is 104 cm³/mol. The van der Waals surface area contributed by atoms with Crippen molar-refractivity contribution in [3.05, 3.63) is 64.2 Å². The van der Waals surface area contributed by atoms with Gasteiger partial charge in [0.25, 0.3) is 17.5 Å². The van der Waals surface area contributed by atoms with Crippen LogP contribution in [0, 0.1) is 10.1 Å². The molecule has 0 atom stereocenters. The van der Waals surface area contributed by atoms with Crippen LogP contribution in [0.3, 0.4) is 0 Å². The molecule has 1 heterocycles. The van der Waals surface area contributed by atoms with Gasteiger partial charge < -0.3 is 13.9 Å². The molecule has 1 aromatic heterocycles. The fraction of sp³-hybridized carbons (Fsp3) is 0.105. The molecule has 0 saturated carbocycles. The number of carbonyl (C=O) groups is 1. The van der Waals surface area contributed by atoms with Gasteiger partial charge in [0.15, 0.2) is 0 Å². The van der Waals surface area contributed by atoms with Gasteiger partial charge in [0.2, 0.25) is 0 Å². The van der Waals surface area contributed by atoms with Crippen LogP contribution in [0.25, 0.3) is 17.5 Å². The van der Waals surface area contributed by atoms with Gasteiger partial charge in [0, 0.05) is 24.3 Å². The van der Waals surface area contributed by atoms with Gasteiger partial charge >= 0.3 is 6.01 Å². The van der Waals surface area contributed by atoms with Crippen molar-refractivity contribution in [2.45, 2.75) is 0 Å². The van der Waals surface area contributed by atoms with E-state index in [4.69, 9.17) is 13.9 Å². The second-order valence-corrected chi connectivity index (χ2v) is 5.65. The summed E-state index contributed by atoms with van der Waals surface area (Å²) in [6.07, 6.45) is 2.64. The summed E-state index contributed by atoms with van der Waals surface area (Å²) in [5, 5.41) is 20.9. The van der Waals surface area contributed by atoms with Crippen LogP contribution in [-0.4, -0.2) is 35.2 Å². The fourth-order valence-electron chi connectivity index (χ4n) is 2.42. The topological polar surface area (TPSA) is 130 Å². The molecule has 2 aromatic carbocycles. The number of carbonyl (C=O) groups excluding carboxylic acids is 1. The Balaban J connectivity index is 1.71. The van der Waals surface area contributed by atoms with Crippen molar-refractivity contribution in [3.8, 4) is 23.0 Å². The Labute approximate surface area is 164 Å². The monoisotopic (exact) mass is 396 g/mol. The number of nitro groups is 1. The molecule has 0 radical (unpaired) electrons. The van der Waals surface area contributed by atoms with E-state index >= 15 is 0 Å². The number of nitro benzene ring substituents is 1. The van der Waals surface area contributed by atoms with Crippen molar-refractivity contribution < 1.29 is 23.6 Å². The van der Waals surface area contributed by atoms with Gasteiger partial charge in [-0.1, -0.05) is 17.2 Å². The Morgan fingerprint density at radius 3 is 2.72 bits per heavy atom. The van der Waals surface area contributed by atoms with Crippen LogP contribution in [0.1, 0.15) is 5.56 Å². The van der Waals surface area contributed by atoms with Crippen molar-refractivity contribution in [3.63, 3.8) is 0 Å². The SMILES string of the molecule is COc1ccc(-c2nnc(NC(=O)/C=C/c3cccc([N+](=O)[O-])c3)o2)c(OC)c1. The summed E-state index contributed by atoms with van der Waals surface area (Å²) >= 11 is 0. The first-order chi connectivity index (χ1) is 14.0. The number of hydrogen-bond acceptors (Lipinski definition) is 8. The van der Waals surface area contributed by atoms with Gasteiger partial charge in [-0.15, -0.1) is 5.10 Å². The smallest absolute Gasteiger partial charge is 0.322 e. The van der Waals surface area contributed by atoms with Gasteiger partial charge in [-0.05, 0) is 23.8 Å². The molecule has 29 heavy (non-hydrogen) atoms. The Morgan fingerprint density at radius 1 is 1.17 bits per heavy atom. The van der Waals surface area contributed by atoms with Gasteiger partial charge in [0.1, 0.15) is 11.5 Å².